The van der Waals surface area contributed by atoms with E-state index in [9.17, 15) is 4.79 Å². The summed E-state index contributed by atoms with van der Waals surface area (Å²) in [4.78, 5) is 16.5. The Bertz CT molecular complexity index is 870. The normalized spacial score (nSPS) is 13.7. The lowest BCUT2D eigenvalue weighted by molar-refractivity contribution is -0.113. The smallest absolute Gasteiger partial charge is 0.234 e. The number of carbonyl (C=O) groups excluding carboxylic acids is 1. The van der Waals surface area contributed by atoms with Crippen LogP contribution in [0.15, 0.2) is 58.6 Å². The van der Waals surface area contributed by atoms with Crippen molar-refractivity contribution in [1.82, 2.24) is 5.01 Å². The van der Waals surface area contributed by atoms with Crippen molar-refractivity contribution in [2.45, 2.75) is 0 Å². The number of amidine groups is 1. The molecule has 6 nitrogen and oxygen atoms in total. The van der Waals surface area contributed by atoms with Crippen molar-refractivity contribution in [3.63, 3.8) is 0 Å². The van der Waals surface area contributed by atoms with Gasteiger partial charge >= 0.3 is 0 Å². The minimum Gasteiger partial charge on any atom is -0.441 e. The molecular weight excluding hydrogens is 407 g/mol. The van der Waals surface area contributed by atoms with Crippen LogP contribution in [0.1, 0.15) is 0 Å². The van der Waals surface area contributed by atoms with Crippen LogP contribution >= 0.6 is 35.0 Å². The number of amides is 1. The molecule has 0 aliphatic carbocycles. The average Bonchev–Trinajstić information content (AvgIpc) is 2.63. The van der Waals surface area contributed by atoms with Crippen LogP contribution in [0.3, 0.4) is 0 Å². The topological polar surface area (TPSA) is 66.3 Å². The highest BCUT2D eigenvalue weighted by atomic mass is 35.5. The highest BCUT2D eigenvalue weighted by Crippen LogP contribution is 2.19. The second kappa shape index (κ2) is 9.12. The van der Waals surface area contributed by atoms with Gasteiger partial charge in [0.1, 0.15) is 12.3 Å². The van der Waals surface area contributed by atoms with E-state index in [1.54, 1.807) is 53.5 Å². The molecule has 140 valence electrons. The van der Waals surface area contributed by atoms with Gasteiger partial charge in [0.2, 0.25) is 17.0 Å². The summed E-state index contributed by atoms with van der Waals surface area (Å²) in [7, 11) is 1.81. The van der Waals surface area contributed by atoms with Gasteiger partial charge in [0.25, 0.3) is 0 Å². The van der Waals surface area contributed by atoms with Crippen LogP contribution in [0.5, 0.6) is 5.75 Å². The lowest BCUT2D eigenvalue weighted by atomic mass is 10.3. The molecule has 1 aliphatic heterocycles. The van der Waals surface area contributed by atoms with Crippen molar-refractivity contribution >= 4 is 57.6 Å². The fraction of sp³-hybridized carbons (Fsp3) is 0.167. The number of hydrazone groups is 1. The summed E-state index contributed by atoms with van der Waals surface area (Å²) in [5.41, 5.74) is 0.683. The number of rotatable bonds is 4. The molecule has 1 aliphatic rings. The summed E-state index contributed by atoms with van der Waals surface area (Å²) < 4.78 is 5.77. The van der Waals surface area contributed by atoms with Gasteiger partial charge in [0.05, 0.1) is 5.75 Å². The molecular formula is C18H16Cl2N4O2S. The van der Waals surface area contributed by atoms with Crippen molar-refractivity contribution in [2.75, 3.05) is 24.7 Å². The zero-order valence-electron chi connectivity index (χ0n) is 14.4. The van der Waals surface area contributed by atoms with Gasteiger partial charge in [0, 0.05) is 22.8 Å². The average molecular weight is 423 g/mol. The van der Waals surface area contributed by atoms with Crippen LogP contribution in [0.4, 0.5) is 5.69 Å². The first kappa shape index (κ1) is 19.5. The summed E-state index contributed by atoms with van der Waals surface area (Å²) in [5.74, 6) is 1.15. The SMILES string of the molecule is CN1CC(Oc2ccc(Cl)cc2)=NC(SCC(=O)Nc2ccc(Cl)cc2)=N1. The monoisotopic (exact) mass is 422 g/mol. The molecule has 1 amide bonds. The highest BCUT2D eigenvalue weighted by Gasteiger charge is 2.16. The fourth-order valence-electron chi connectivity index (χ4n) is 2.16. The number of ether oxygens (including phenoxy) is 1. The minimum atomic E-state index is -0.159. The number of aliphatic imine (C=N–C) groups is 1. The van der Waals surface area contributed by atoms with Crippen molar-refractivity contribution < 1.29 is 9.53 Å². The van der Waals surface area contributed by atoms with E-state index < -0.39 is 0 Å². The largest absolute Gasteiger partial charge is 0.441 e. The van der Waals surface area contributed by atoms with Crippen molar-refractivity contribution in [3.8, 4) is 5.75 Å². The lowest BCUT2D eigenvalue weighted by Crippen LogP contribution is -2.31. The Labute approximate surface area is 171 Å². The Morgan fingerprint density at radius 3 is 2.44 bits per heavy atom. The van der Waals surface area contributed by atoms with E-state index in [4.69, 9.17) is 27.9 Å². The molecule has 0 saturated heterocycles. The molecule has 0 spiro atoms. The number of benzene rings is 2. The van der Waals surface area contributed by atoms with Crippen molar-refractivity contribution in [1.29, 1.82) is 0 Å². The highest BCUT2D eigenvalue weighted by molar-refractivity contribution is 8.14. The number of halogens is 2. The van der Waals surface area contributed by atoms with E-state index in [2.05, 4.69) is 15.4 Å². The van der Waals surface area contributed by atoms with Gasteiger partial charge in [-0.15, -0.1) is 5.10 Å². The summed E-state index contributed by atoms with van der Waals surface area (Å²) in [6.45, 7) is 0.434. The first-order chi connectivity index (χ1) is 13.0. The van der Waals surface area contributed by atoms with Crippen molar-refractivity contribution in [3.05, 3.63) is 58.6 Å². The number of nitrogens with zero attached hydrogens (tertiary/aromatic N) is 3. The number of hydrogen-bond donors (Lipinski definition) is 1. The minimum absolute atomic E-state index is 0.159. The number of likely N-dealkylation sites (N-methyl/N-ethyl adjacent to an activating group) is 1. The predicted molar refractivity (Wildman–Crippen MR) is 112 cm³/mol. The summed E-state index contributed by atoms with van der Waals surface area (Å²) in [6.07, 6.45) is 0. The van der Waals surface area contributed by atoms with Crippen LogP contribution in [-0.2, 0) is 4.79 Å². The zero-order valence-corrected chi connectivity index (χ0v) is 16.7. The third kappa shape index (κ3) is 6.16. The van der Waals surface area contributed by atoms with Crippen molar-refractivity contribution in [2.24, 2.45) is 10.1 Å². The number of carbonyl (C=O) groups is 1. The van der Waals surface area contributed by atoms with Gasteiger partial charge in [-0.25, -0.2) is 0 Å². The molecule has 2 aromatic rings. The number of hydrogen-bond acceptors (Lipinski definition) is 6. The third-order valence-corrected chi connectivity index (χ3v) is 4.69. The number of nitrogens with one attached hydrogen (secondary N) is 1. The molecule has 0 saturated carbocycles. The fourth-order valence-corrected chi connectivity index (χ4v) is 3.10. The maximum Gasteiger partial charge on any atom is 0.234 e. The van der Waals surface area contributed by atoms with Gasteiger partial charge in [-0.05, 0) is 48.5 Å². The molecule has 1 N–H and O–H groups in total. The van der Waals surface area contributed by atoms with Crippen LogP contribution in [-0.4, -0.2) is 41.3 Å². The molecule has 0 aromatic heterocycles. The summed E-state index contributed by atoms with van der Waals surface area (Å²) in [6, 6.07) is 13.9. The zero-order chi connectivity index (χ0) is 19.2. The first-order valence-corrected chi connectivity index (χ1v) is 9.71. The maximum absolute atomic E-state index is 12.1. The number of anilines is 1. The molecule has 0 fully saturated rings. The van der Waals surface area contributed by atoms with E-state index in [0.29, 0.717) is 39.1 Å². The van der Waals surface area contributed by atoms with Crippen LogP contribution in [0.25, 0.3) is 0 Å². The van der Waals surface area contributed by atoms with E-state index in [-0.39, 0.29) is 11.7 Å². The molecule has 0 unspecified atom stereocenters. The van der Waals surface area contributed by atoms with Gasteiger partial charge in [-0.1, -0.05) is 35.0 Å². The second-order valence-corrected chi connectivity index (χ2v) is 7.42. The van der Waals surface area contributed by atoms with Gasteiger partial charge in [-0.2, -0.15) is 4.99 Å². The Hall–Kier alpha value is -2.22. The summed E-state index contributed by atoms with van der Waals surface area (Å²) >= 11 is 12.9. The van der Waals surface area contributed by atoms with Crippen LogP contribution < -0.4 is 10.1 Å². The molecule has 27 heavy (non-hydrogen) atoms. The summed E-state index contributed by atoms with van der Waals surface area (Å²) in [5, 5.41) is 10.5. The Balaban J connectivity index is 1.56. The van der Waals surface area contributed by atoms with Crippen LogP contribution in [0, 0.1) is 0 Å². The van der Waals surface area contributed by atoms with E-state index in [1.165, 1.54) is 11.8 Å². The Kier molecular flexibility index (Phi) is 6.60. The lowest BCUT2D eigenvalue weighted by Gasteiger charge is -2.20. The predicted octanol–water partition coefficient (Wildman–Crippen LogP) is 4.36. The maximum atomic E-state index is 12.1. The molecule has 9 heteroatoms. The molecule has 0 radical (unpaired) electrons. The quantitative estimate of drug-likeness (QED) is 0.794. The van der Waals surface area contributed by atoms with E-state index >= 15 is 0 Å². The number of thioether (sulfide) groups is 1. The van der Waals surface area contributed by atoms with E-state index in [0.717, 1.165) is 0 Å². The second-order valence-electron chi connectivity index (χ2n) is 5.60. The van der Waals surface area contributed by atoms with Gasteiger partial charge < -0.3 is 10.1 Å². The molecule has 2 aromatic carbocycles. The molecule has 0 atom stereocenters. The van der Waals surface area contributed by atoms with Gasteiger partial charge in [0.15, 0.2) is 0 Å². The van der Waals surface area contributed by atoms with E-state index in [1.807, 2.05) is 7.05 Å². The van der Waals surface area contributed by atoms with Crippen LogP contribution in [0.2, 0.25) is 10.0 Å². The first-order valence-electron chi connectivity index (χ1n) is 7.97. The standard InChI is InChI=1S/C18H16Cl2N4O2S/c1-24-10-17(26-15-8-4-13(20)5-9-15)22-18(23-24)27-11-16(25)21-14-6-2-12(19)3-7-14/h2-9H,10-11H2,1H3,(H,21,25). The van der Waals surface area contributed by atoms with Gasteiger partial charge in [-0.3, -0.25) is 9.80 Å². The molecule has 3 rings (SSSR count). The molecule has 0 bridgehead atoms. The Morgan fingerprint density at radius 1 is 1.15 bits per heavy atom. The molecule has 1 heterocycles. The Morgan fingerprint density at radius 2 is 1.78 bits per heavy atom. The third-order valence-electron chi connectivity index (χ3n) is 3.35.